The fourth-order valence-corrected chi connectivity index (χ4v) is 2.92. The van der Waals surface area contributed by atoms with E-state index in [1.165, 1.54) is 0 Å². The van der Waals surface area contributed by atoms with E-state index < -0.39 is 0 Å². The van der Waals surface area contributed by atoms with Crippen molar-refractivity contribution in [3.63, 3.8) is 0 Å². The van der Waals surface area contributed by atoms with E-state index in [2.05, 4.69) is 26.2 Å². The number of amides is 1. The second-order valence-corrected chi connectivity index (χ2v) is 5.93. The predicted octanol–water partition coefficient (Wildman–Crippen LogP) is 3.37. The van der Waals surface area contributed by atoms with Crippen LogP contribution in [0.3, 0.4) is 0 Å². The number of rotatable bonds is 4. The molecular formula is C13H14BrN3OS. The first-order chi connectivity index (χ1) is 9.11. The van der Waals surface area contributed by atoms with Gasteiger partial charge in [-0.3, -0.25) is 4.79 Å². The van der Waals surface area contributed by atoms with Crippen molar-refractivity contribution in [3.8, 4) is 0 Å². The van der Waals surface area contributed by atoms with Gasteiger partial charge < -0.3 is 11.1 Å². The third-order valence-corrected chi connectivity index (χ3v) is 4.15. The summed E-state index contributed by atoms with van der Waals surface area (Å²) in [4.78, 5) is 17.3. The largest absolute Gasteiger partial charge is 0.383 e. The van der Waals surface area contributed by atoms with Crippen LogP contribution in [0.25, 0.3) is 0 Å². The summed E-state index contributed by atoms with van der Waals surface area (Å²) in [7, 11) is 0. The first kappa shape index (κ1) is 14.0. The number of carbonyl (C=O) groups is 1. The predicted molar refractivity (Wildman–Crippen MR) is 81.2 cm³/mol. The molecule has 2 rings (SSSR count). The number of aromatic nitrogens is 1. The molecule has 4 nitrogen and oxygen atoms in total. The number of anilines is 1. The van der Waals surface area contributed by atoms with Crippen molar-refractivity contribution in [2.75, 3.05) is 5.73 Å². The molecule has 2 aromatic rings. The van der Waals surface area contributed by atoms with Crippen LogP contribution in [0, 0.1) is 0 Å². The molecule has 0 aliphatic rings. The van der Waals surface area contributed by atoms with E-state index in [9.17, 15) is 4.79 Å². The van der Waals surface area contributed by atoms with Crippen molar-refractivity contribution in [3.05, 3.63) is 44.7 Å². The number of carbonyl (C=O) groups excluding carboxylic acids is 1. The van der Waals surface area contributed by atoms with Gasteiger partial charge in [-0.25, -0.2) is 4.98 Å². The van der Waals surface area contributed by atoms with Crippen molar-refractivity contribution in [2.24, 2.45) is 0 Å². The second kappa shape index (κ2) is 6.16. The van der Waals surface area contributed by atoms with Crippen LogP contribution in [0.4, 0.5) is 5.82 Å². The highest BCUT2D eigenvalue weighted by Gasteiger charge is 2.17. The number of pyridine rings is 1. The van der Waals surface area contributed by atoms with Gasteiger partial charge in [0.1, 0.15) is 5.82 Å². The minimum absolute atomic E-state index is 0.00545. The zero-order chi connectivity index (χ0) is 13.8. The molecule has 0 saturated heterocycles. The summed E-state index contributed by atoms with van der Waals surface area (Å²) in [6, 6.07) is 5.68. The Labute approximate surface area is 124 Å². The number of nitrogen functional groups attached to an aromatic ring is 1. The number of nitrogens with two attached hydrogens (primary N) is 1. The number of nitrogens with one attached hydrogen (secondary N) is 1. The first-order valence-electron chi connectivity index (χ1n) is 5.87. The maximum absolute atomic E-state index is 12.2. The van der Waals surface area contributed by atoms with E-state index in [-0.39, 0.29) is 17.8 Å². The van der Waals surface area contributed by atoms with Gasteiger partial charge in [-0.15, -0.1) is 11.3 Å². The molecule has 0 aliphatic heterocycles. The van der Waals surface area contributed by atoms with Gasteiger partial charge in [0.15, 0.2) is 0 Å². The number of thiophene rings is 1. The van der Waals surface area contributed by atoms with E-state index in [0.717, 1.165) is 15.8 Å². The summed E-state index contributed by atoms with van der Waals surface area (Å²) < 4.78 is 0.732. The highest BCUT2D eigenvalue weighted by Crippen LogP contribution is 2.23. The Morgan fingerprint density at radius 2 is 2.42 bits per heavy atom. The zero-order valence-electron chi connectivity index (χ0n) is 10.4. The van der Waals surface area contributed by atoms with Crippen LogP contribution in [0.1, 0.15) is 34.6 Å². The first-order valence-corrected chi connectivity index (χ1v) is 7.54. The number of halogens is 1. The van der Waals surface area contributed by atoms with Crippen molar-refractivity contribution < 1.29 is 4.79 Å². The van der Waals surface area contributed by atoms with Gasteiger partial charge in [-0.05, 0) is 39.9 Å². The maximum atomic E-state index is 12.2. The molecule has 0 saturated carbocycles. The van der Waals surface area contributed by atoms with Crippen molar-refractivity contribution in [1.29, 1.82) is 0 Å². The van der Waals surface area contributed by atoms with E-state index in [4.69, 9.17) is 5.73 Å². The lowest BCUT2D eigenvalue weighted by molar-refractivity contribution is 0.0937. The summed E-state index contributed by atoms with van der Waals surface area (Å²) in [5.41, 5.74) is 6.13. The number of nitrogens with zero attached hydrogens (tertiary/aromatic N) is 1. The lowest BCUT2D eigenvalue weighted by Gasteiger charge is -2.16. The average Bonchev–Trinajstić information content (AvgIpc) is 2.92. The number of hydrogen-bond acceptors (Lipinski definition) is 4. The third kappa shape index (κ3) is 3.33. The zero-order valence-corrected chi connectivity index (χ0v) is 12.8. The van der Waals surface area contributed by atoms with Crippen LogP contribution in [0.2, 0.25) is 0 Å². The molecule has 1 atom stereocenters. The molecular weight excluding hydrogens is 326 g/mol. The Kier molecular flexibility index (Phi) is 4.55. The maximum Gasteiger partial charge on any atom is 0.255 e. The van der Waals surface area contributed by atoms with Gasteiger partial charge in [0.25, 0.3) is 5.91 Å². The summed E-state index contributed by atoms with van der Waals surface area (Å²) in [5, 5.41) is 4.98. The molecule has 0 radical (unpaired) electrons. The van der Waals surface area contributed by atoms with Crippen LogP contribution in [0.5, 0.6) is 0 Å². The third-order valence-electron chi connectivity index (χ3n) is 2.73. The van der Waals surface area contributed by atoms with Crippen molar-refractivity contribution in [2.45, 2.75) is 19.4 Å². The highest BCUT2D eigenvalue weighted by molar-refractivity contribution is 9.10. The van der Waals surface area contributed by atoms with Crippen LogP contribution < -0.4 is 11.1 Å². The molecule has 0 bridgehead atoms. The Bertz CT molecular complexity index is 571. The summed E-state index contributed by atoms with van der Waals surface area (Å²) in [5.74, 6) is 0.0354. The van der Waals surface area contributed by atoms with E-state index in [1.807, 2.05) is 24.4 Å². The second-order valence-electron chi connectivity index (χ2n) is 4.04. The molecule has 0 fully saturated rings. The molecule has 1 amide bonds. The van der Waals surface area contributed by atoms with Gasteiger partial charge in [-0.2, -0.15) is 0 Å². The minimum atomic E-state index is -0.202. The Balaban J connectivity index is 2.18. The Hall–Kier alpha value is -1.40. The van der Waals surface area contributed by atoms with E-state index in [1.54, 1.807) is 23.6 Å². The standard InChI is InChI=1S/C13H14BrN3OS/c1-2-10(11-4-3-5-19-11)17-13(18)9-6-8(14)7-16-12(9)15/h3-7,10H,2H2,1H3,(H2,15,16)(H,17,18). The molecule has 19 heavy (non-hydrogen) atoms. The lowest BCUT2D eigenvalue weighted by Crippen LogP contribution is -2.28. The Morgan fingerprint density at radius 3 is 3.05 bits per heavy atom. The molecule has 1 unspecified atom stereocenters. The van der Waals surface area contributed by atoms with Crippen LogP contribution in [-0.4, -0.2) is 10.9 Å². The fraction of sp³-hybridized carbons (Fsp3) is 0.231. The molecule has 2 aromatic heterocycles. The SMILES string of the molecule is CCC(NC(=O)c1cc(Br)cnc1N)c1cccs1. The van der Waals surface area contributed by atoms with Crippen molar-refractivity contribution in [1.82, 2.24) is 10.3 Å². The smallest absolute Gasteiger partial charge is 0.255 e. The highest BCUT2D eigenvalue weighted by atomic mass is 79.9. The average molecular weight is 340 g/mol. The molecule has 100 valence electrons. The fourth-order valence-electron chi connectivity index (χ4n) is 1.73. The normalized spacial score (nSPS) is 12.1. The molecule has 0 spiro atoms. The summed E-state index contributed by atoms with van der Waals surface area (Å²) in [6.07, 6.45) is 2.40. The van der Waals surface area contributed by atoms with Gasteiger partial charge in [0.2, 0.25) is 0 Å². The van der Waals surface area contributed by atoms with Gasteiger partial charge in [-0.1, -0.05) is 13.0 Å². The monoisotopic (exact) mass is 339 g/mol. The quantitative estimate of drug-likeness (QED) is 0.897. The molecule has 2 heterocycles. The Morgan fingerprint density at radius 1 is 1.63 bits per heavy atom. The van der Waals surface area contributed by atoms with Crippen LogP contribution in [-0.2, 0) is 0 Å². The van der Waals surface area contributed by atoms with Crippen molar-refractivity contribution >= 4 is 39.0 Å². The minimum Gasteiger partial charge on any atom is -0.383 e. The van der Waals surface area contributed by atoms with Crippen LogP contribution >= 0.6 is 27.3 Å². The van der Waals surface area contributed by atoms with Gasteiger partial charge >= 0.3 is 0 Å². The number of hydrogen-bond donors (Lipinski definition) is 2. The molecule has 6 heteroatoms. The van der Waals surface area contributed by atoms with Gasteiger partial charge in [0, 0.05) is 15.5 Å². The summed E-state index contributed by atoms with van der Waals surface area (Å²) in [6.45, 7) is 2.03. The van der Waals surface area contributed by atoms with E-state index >= 15 is 0 Å². The van der Waals surface area contributed by atoms with Gasteiger partial charge in [0.05, 0.1) is 11.6 Å². The topological polar surface area (TPSA) is 68.0 Å². The molecule has 0 aliphatic carbocycles. The van der Waals surface area contributed by atoms with Crippen LogP contribution in [0.15, 0.2) is 34.2 Å². The summed E-state index contributed by atoms with van der Waals surface area (Å²) >= 11 is 4.92. The van der Waals surface area contributed by atoms with E-state index in [0.29, 0.717) is 5.56 Å². The molecule has 3 N–H and O–H groups in total. The molecule has 0 aromatic carbocycles. The lowest BCUT2D eigenvalue weighted by atomic mass is 10.1.